The van der Waals surface area contributed by atoms with Gasteiger partial charge in [-0.1, -0.05) is 38.1 Å². The number of hydrogen-bond donors (Lipinski definition) is 0. The highest BCUT2D eigenvalue weighted by Crippen LogP contribution is 2.28. The Morgan fingerprint density at radius 2 is 1.81 bits per heavy atom. The molecule has 2 amide bonds. The summed E-state index contributed by atoms with van der Waals surface area (Å²) >= 11 is 0. The molecule has 8 nitrogen and oxygen atoms in total. The molecular weight excluding hydrogens is 406 g/mol. The van der Waals surface area contributed by atoms with Crippen molar-refractivity contribution in [1.29, 1.82) is 0 Å². The molecule has 0 radical (unpaired) electrons. The van der Waals surface area contributed by atoms with Gasteiger partial charge in [0, 0.05) is 43.3 Å². The Morgan fingerprint density at radius 1 is 1.09 bits per heavy atom. The normalized spacial score (nSPS) is 13.3. The monoisotopic (exact) mass is 431 g/mol. The fourth-order valence-electron chi connectivity index (χ4n) is 3.60. The number of hydrogen-bond acceptors (Lipinski definition) is 6. The SMILES string of the molecule is CC(C)c1ccc(CN2Cc3cc(C(=O)OCc4cncnc4)cnc3N(C)C2=O)cc1. The Labute approximate surface area is 186 Å². The van der Waals surface area contributed by atoms with Gasteiger partial charge in [-0.2, -0.15) is 0 Å². The van der Waals surface area contributed by atoms with Crippen molar-refractivity contribution in [2.75, 3.05) is 11.9 Å². The van der Waals surface area contributed by atoms with Crippen LogP contribution in [0, 0.1) is 0 Å². The van der Waals surface area contributed by atoms with Crippen LogP contribution in [0.15, 0.2) is 55.2 Å². The van der Waals surface area contributed by atoms with Gasteiger partial charge in [0.25, 0.3) is 0 Å². The zero-order valence-electron chi connectivity index (χ0n) is 18.4. The zero-order valence-corrected chi connectivity index (χ0v) is 18.4. The predicted octanol–water partition coefficient (Wildman–Crippen LogP) is 3.92. The smallest absolute Gasteiger partial charge is 0.340 e. The quantitative estimate of drug-likeness (QED) is 0.550. The summed E-state index contributed by atoms with van der Waals surface area (Å²) in [5.74, 6) is 0.520. The number of ether oxygens (including phenoxy) is 1. The highest BCUT2D eigenvalue weighted by Gasteiger charge is 2.29. The second kappa shape index (κ2) is 9.13. The van der Waals surface area contributed by atoms with E-state index in [-0.39, 0.29) is 12.6 Å². The first-order valence-corrected chi connectivity index (χ1v) is 10.4. The van der Waals surface area contributed by atoms with Crippen LogP contribution in [0.5, 0.6) is 0 Å². The Hall–Kier alpha value is -3.81. The van der Waals surface area contributed by atoms with Crippen molar-refractivity contribution in [3.63, 3.8) is 0 Å². The second-order valence-corrected chi connectivity index (χ2v) is 8.12. The van der Waals surface area contributed by atoms with Gasteiger partial charge in [0.15, 0.2) is 0 Å². The maximum Gasteiger partial charge on any atom is 0.340 e. The lowest BCUT2D eigenvalue weighted by atomic mass is 10.0. The van der Waals surface area contributed by atoms with E-state index in [2.05, 4.69) is 53.1 Å². The van der Waals surface area contributed by atoms with Crippen molar-refractivity contribution in [2.45, 2.75) is 39.5 Å². The van der Waals surface area contributed by atoms with Crippen LogP contribution >= 0.6 is 0 Å². The molecule has 0 saturated carbocycles. The largest absolute Gasteiger partial charge is 0.457 e. The fraction of sp³-hybridized carbons (Fsp3) is 0.292. The standard InChI is InChI=1S/C24H25N5O3/c1-16(2)19-6-4-17(5-7-19)12-29-13-21-8-20(11-27-22(21)28(3)24(29)31)23(30)32-14-18-9-25-15-26-10-18/h4-11,15-16H,12-14H2,1-3H3. The maximum absolute atomic E-state index is 12.9. The number of rotatable bonds is 6. The highest BCUT2D eigenvalue weighted by atomic mass is 16.5. The molecule has 4 rings (SSSR count). The number of benzene rings is 1. The maximum atomic E-state index is 12.9. The molecule has 2 aromatic heterocycles. The van der Waals surface area contributed by atoms with Crippen LogP contribution < -0.4 is 4.90 Å². The van der Waals surface area contributed by atoms with Crippen LogP contribution in [0.25, 0.3) is 0 Å². The van der Waals surface area contributed by atoms with E-state index in [0.717, 1.165) is 11.1 Å². The number of urea groups is 1. The molecule has 1 aromatic carbocycles. The number of anilines is 1. The third kappa shape index (κ3) is 4.59. The number of nitrogens with zero attached hydrogens (tertiary/aromatic N) is 5. The minimum absolute atomic E-state index is 0.0770. The first kappa shape index (κ1) is 21.4. The summed E-state index contributed by atoms with van der Waals surface area (Å²) in [6.45, 7) is 5.22. The molecule has 3 aromatic rings. The van der Waals surface area contributed by atoms with E-state index < -0.39 is 5.97 Å². The van der Waals surface area contributed by atoms with Crippen molar-refractivity contribution in [1.82, 2.24) is 19.9 Å². The number of fused-ring (bicyclic) bond motifs is 1. The van der Waals surface area contributed by atoms with E-state index in [1.54, 1.807) is 30.4 Å². The molecule has 0 aliphatic carbocycles. The van der Waals surface area contributed by atoms with Crippen LogP contribution in [-0.2, 0) is 24.4 Å². The molecule has 164 valence electrons. The molecule has 0 fully saturated rings. The molecule has 0 N–H and O–H groups in total. The number of pyridine rings is 1. The van der Waals surface area contributed by atoms with Gasteiger partial charge in [0.1, 0.15) is 18.8 Å². The lowest BCUT2D eigenvalue weighted by Crippen LogP contribution is -2.45. The first-order valence-electron chi connectivity index (χ1n) is 10.4. The van der Waals surface area contributed by atoms with Crippen molar-refractivity contribution in [3.8, 4) is 0 Å². The summed E-state index contributed by atoms with van der Waals surface area (Å²) in [5.41, 5.74) is 4.14. The van der Waals surface area contributed by atoms with Crippen LogP contribution in [0.4, 0.5) is 10.6 Å². The molecule has 1 aliphatic heterocycles. The van der Waals surface area contributed by atoms with E-state index in [0.29, 0.717) is 36.0 Å². The van der Waals surface area contributed by atoms with E-state index in [9.17, 15) is 9.59 Å². The van der Waals surface area contributed by atoms with Gasteiger partial charge in [0.2, 0.25) is 0 Å². The summed E-state index contributed by atoms with van der Waals surface area (Å²) in [4.78, 5) is 40.8. The molecule has 0 bridgehead atoms. The van der Waals surface area contributed by atoms with Gasteiger partial charge in [-0.25, -0.2) is 24.5 Å². The molecule has 3 heterocycles. The summed E-state index contributed by atoms with van der Waals surface area (Å²) in [7, 11) is 1.69. The lowest BCUT2D eigenvalue weighted by Gasteiger charge is -2.34. The van der Waals surface area contributed by atoms with Gasteiger partial charge in [-0.15, -0.1) is 0 Å². The van der Waals surface area contributed by atoms with E-state index >= 15 is 0 Å². The molecule has 0 atom stereocenters. The third-order valence-corrected chi connectivity index (χ3v) is 5.42. The van der Waals surface area contributed by atoms with Crippen molar-refractivity contribution >= 4 is 17.8 Å². The van der Waals surface area contributed by atoms with Gasteiger partial charge >= 0.3 is 12.0 Å². The molecule has 0 unspecified atom stereocenters. The summed E-state index contributed by atoms with van der Waals surface area (Å²) < 4.78 is 5.35. The van der Waals surface area contributed by atoms with Crippen molar-refractivity contribution < 1.29 is 14.3 Å². The average Bonchev–Trinajstić information content (AvgIpc) is 2.81. The lowest BCUT2D eigenvalue weighted by molar-refractivity contribution is 0.0471. The molecular formula is C24H25N5O3. The topological polar surface area (TPSA) is 88.5 Å². The Kier molecular flexibility index (Phi) is 6.11. The third-order valence-electron chi connectivity index (χ3n) is 5.42. The van der Waals surface area contributed by atoms with Crippen LogP contribution in [0.1, 0.15) is 52.4 Å². The van der Waals surface area contributed by atoms with Gasteiger partial charge in [0.05, 0.1) is 12.1 Å². The average molecular weight is 431 g/mol. The number of carbonyl (C=O) groups excluding carboxylic acids is 2. The van der Waals surface area contributed by atoms with Gasteiger partial charge in [-0.05, 0) is 23.1 Å². The molecule has 0 saturated heterocycles. The molecule has 32 heavy (non-hydrogen) atoms. The van der Waals surface area contributed by atoms with E-state index in [1.165, 1.54) is 23.0 Å². The van der Waals surface area contributed by atoms with Crippen molar-refractivity contribution in [3.05, 3.63) is 83.1 Å². The van der Waals surface area contributed by atoms with E-state index in [1.807, 2.05) is 0 Å². The first-order chi connectivity index (χ1) is 15.4. The van der Waals surface area contributed by atoms with Crippen LogP contribution in [-0.4, -0.2) is 38.9 Å². The van der Waals surface area contributed by atoms with Crippen LogP contribution in [0.3, 0.4) is 0 Å². The second-order valence-electron chi connectivity index (χ2n) is 8.12. The Morgan fingerprint density at radius 3 is 2.50 bits per heavy atom. The number of amides is 2. The van der Waals surface area contributed by atoms with Crippen molar-refractivity contribution in [2.24, 2.45) is 0 Å². The fourth-order valence-corrected chi connectivity index (χ4v) is 3.60. The number of carbonyl (C=O) groups is 2. The van der Waals surface area contributed by atoms with Gasteiger partial charge in [-0.3, -0.25) is 4.90 Å². The minimum Gasteiger partial charge on any atom is -0.457 e. The van der Waals surface area contributed by atoms with Gasteiger partial charge < -0.3 is 9.64 Å². The number of aromatic nitrogens is 3. The highest BCUT2D eigenvalue weighted by molar-refractivity contribution is 5.95. The summed E-state index contributed by atoms with van der Waals surface area (Å²) in [6.07, 6.45) is 6.04. The zero-order chi connectivity index (χ0) is 22.7. The Bertz CT molecular complexity index is 1120. The summed E-state index contributed by atoms with van der Waals surface area (Å²) in [5, 5.41) is 0. The molecule has 1 aliphatic rings. The molecule has 8 heteroatoms. The predicted molar refractivity (Wildman–Crippen MR) is 119 cm³/mol. The minimum atomic E-state index is -0.487. The number of esters is 1. The Balaban J connectivity index is 1.48. The van der Waals surface area contributed by atoms with Crippen LogP contribution in [0.2, 0.25) is 0 Å². The molecule has 0 spiro atoms. The van der Waals surface area contributed by atoms with E-state index in [4.69, 9.17) is 4.74 Å². The summed E-state index contributed by atoms with van der Waals surface area (Å²) in [6, 6.07) is 9.91.